The van der Waals surface area contributed by atoms with Crippen molar-refractivity contribution in [1.29, 1.82) is 0 Å². The molecule has 0 bridgehead atoms. The smallest absolute Gasteiger partial charge is 0.316 e. The van der Waals surface area contributed by atoms with Crippen LogP contribution in [0.1, 0.15) is 27.2 Å². The number of rotatable bonds is 6. The molecule has 0 saturated heterocycles. The van der Waals surface area contributed by atoms with Gasteiger partial charge in [0.15, 0.2) is 0 Å². The highest BCUT2D eigenvalue weighted by Gasteiger charge is 2.28. The molecule has 80 valence electrons. The second kappa shape index (κ2) is 6.35. The largest absolute Gasteiger partial charge is 0.465 e. The van der Waals surface area contributed by atoms with Gasteiger partial charge in [-0.05, 0) is 13.3 Å². The Balaban J connectivity index is 4.49. The van der Waals surface area contributed by atoms with Crippen molar-refractivity contribution in [2.24, 2.45) is 11.8 Å². The molecule has 0 aromatic heterocycles. The Hall–Kier alpha value is -1.12. The van der Waals surface area contributed by atoms with E-state index in [0.717, 1.165) is 0 Å². The highest BCUT2D eigenvalue weighted by Crippen LogP contribution is 2.13. The predicted octanol–water partition coefficient (Wildman–Crippen LogP) is 1.97. The van der Waals surface area contributed by atoms with E-state index in [9.17, 15) is 9.59 Å². The van der Waals surface area contributed by atoms with Gasteiger partial charge in [-0.1, -0.05) is 19.9 Å². The van der Waals surface area contributed by atoms with E-state index in [0.29, 0.717) is 13.0 Å². The zero-order valence-corrected chi connectivity index (χ0v) is 9.08. The summed E-state index contributed by atoms with van der Waals surface area (Å²) in [6.45, 7) is 9.10. The van der Waals surface area contributed by atoms with Crippen LogP contribution >= 0.6 is 0 Å². The Labute approximate surface area is 85.1 Å². The number of esters is 1. The molecule has 0 heterocycles. The monoisotopic (exact) mass is 198 g/mol. The molecule has 1 atom stereocenters. The van der Waals surface area contributed by atoms with Crippen molar-refractivity contribution in [2.45, 2.75) is 27.2 Å². The molecule has 0 rings (SSSR count). The minimum absolute atomic E-state index is 0.0802. The molecule has 0 amide bonds. The summed E-state index contributed by atoms with van der Waals surface area (Å²) < 4.78 is 4.82. The van der Waals surface area contributed by atoms with E-state index in [1.54, 1.807) is 26.8 Å². The van der Waals surface area contributed by atoms with Gasteiger partial charge in [-0.25, -0.2) is 0 Å². The van der Waals surface area contributed by atoms with Crippen LogP contribution in [0.2, 0.25) is 0 Å². The summed E-state index contributed by atoms with van der Waals surface area (Å²) in [4.78, 5) is 23.0. The van der Waals surface area contributed by atoms with Crippen LogP contribution in [0.5, 0.6) is 0 Å². The van der Waals surface area contributed by atoms with Gasteiger partial charge < -0.3 is 4.74 Å². The molecule has 0 aliphatic carbocycles. The van der Waals surface area contributed by atoms with Gasteiger partial charge in [-0.2, -0.15) is 0 Å². The first kappa shape index (κ1) is 12.9. The maximum absolute atomic E-state index is 11.6. The summed E-state index contributed by atoms with van der Waals surface area (Å²) in [5.41, 5.74) is 0. The maximum atomic E-state index is 11.6. The van der Waals surface area contributed by atoms with Gasteiger partial charge in [0.25, 0.3) is 0 Å². The van der Waals surface area contributed by atoms with Crippen molar-refractivity contribution in [3.8, 4) is 0 Å². The minimum Gasteiger partial charge on any atom is -0.465 e. The SMILES string of the molecule is C=CCC(C(=O)OCC)C(=O)C(C)C. The van der Waals surface area contributed by atoms with Crippen LogP contribution in [-0.2, 0) is 14.3 Å². The van der Waals surface area contributed by atoms with E-state index in [1.807, 2.05) is 0 Å². The molecule has 1 unspecified atom stereocenters. The zero-order chi connectivity index (χ0) is 11.1. The van der Waals surface area contributed by atoms with Gasteiger partial charge in [0.1, 0.15) is 11.7 Å². The Morgan fingerprint density at radius 3 is 2.36 bits per heavy atom. The van der Waals surface area contributed by atoms with E-state index in [1.165, 1.54) is 0 Å². The summed E-state index contributed by atoms with van der Waals surface area (Å²) in [6.07, 6.45) is 1.93. The van der Waals surface area contributed by atoms with Crippen molar-refractivity contribution in [3.05, 3.63) is 12.7 Å². The van der Waals surface area contributed by atoms with E-state index in [-0.39, 0.29) is 11.7 Å². The molecular formula is C11H18O3. The molecule has 0 saturated carbocycles. The Morgan fingerprint density at radius 1 is 1.43 bits per heavy atom. The fourth-order valence-corrected chi connectivity index (χ4v) is 1.14. The third kappa shape index (κ3) is 3.73. The number of hydrogen-bond donors (Lipinski definition) is 0. The number of hydrogen-bond acceptors (Lipinski definition) is 3. The second-order valence-electron chi connectivity index (χ2n) is 3.39. The number of Topliss-reactive ketones (excluding diaryl/α,β-unsaturated/α-hetero) is 1. The molecular weight excluding hydrogens is 180 g/mol. The standard InChI is InChI=1S/C11H18O3/c1-5-7-9(10(12)8(3)4)11(13)14-6-2/h5,8-9H,1,6-7H2,2-4H3. The number of ether oxygens (including phenoxy) is 1. The fraction of sp³-hybridized carbons (Fsp3) is 0.636. The summed E-state index contributed by atoms with van der Waals surface area (Å²) in [6, 6.07) is 0. The van der Waals surface area contributed by atoms with Gasteiger partial charge in [-0.3, -0.25) is 9.59 Å². The molecule has 0 N–H and O–H groups in total. The van der Waals surface area contributed by atoms with Crippen LogP contribution < -0.4 is 0 Å². The summed E-state index contributed by atoms with van der Waals surface area (Å²) in [7, 11) is 0. The predicted molar refractivity (Wildman–Crippen MR) is 54.8 cm³/mol. The average molecular weight is 198 g/mol. The molecule has 3 heteroatoms. The average Bonchev–Trinajstić information content (AvgIpc) is 2.13. The summed E-state index contributed by atoms with van der Waals surface area (Å²) in [5, 5.41) is 0. The fourth-order valence-electron chi connectivity index (χ4n) is 1.14. The van der Waals surface area contributed by atoms with Gasteiger partial charge in [0.05, 0.1) is 6.61 Å². The molecule has 0 aliphatic rings. The highest BCUT2D eigenvalue weighted by atomic mass is 16.5. The van der Waals surface area contributed by atoms with Gasteiger partial charge in [0, 0.05) is 5.92 Å². The Morgan fingerprint density at radius 2 is 2.00 bits per heavy atom. The van der Waals surface area contributed by atoms with E-state index < -0.39 is 11.9 Å². The van der Waals surface area contributed by atoms with Gasteiger partial charge in [0.2, 0.25) is 0 Å². The summed E-state index contributed by atoms with van der Waals surface area (Å²) in [5.74, 6) is -1.34. The zero-order valence-electron chi connectivity index (χ0n) is 9.08. The molecule has 0 radical (unpaired) electrons. The number of allylic oxidation sites excluding steroid dienone is 1. The van der Waals surface area contributed by atoms with Gasteiger partial charge >= 0.3 is 5.97 Å². The first-order valence-corrected chi connectivity index (χ1v) is 4.85. The third-order valence-electron chi connectivity index (χ3n) is 1.89. The van der Waals surface area contributed by atoms with Crippen molar-refractivity contribution in [2.75, 3.05) is 6.61 Å². The van der Waals surface area contributed by atoms with Crippen LogP contribution in [0.25, 0.3) is 0 Å². The van der Waals surface area contributed by atoms with E-state index in [4.69, 9.17) is 4.74 Å². The molecule has 3 nitrogen and oxygen atoms in total. The number of ketones is 1. The number of carbonyl (C=O) groups excluding carboxylic acids is 2. The van der Waals surface area contributed by atoms with Crippen molar-refractivity contribution >= 4 is 11.8 Å². The normalized spacial score (nSPS) is 12.3. The molecule has 14 heavy (non-hydrogen) atoms. The van der Waals surface area contributed by atoms with E-state index >= 15 is 0 Å². The quantitative estimate of drug-likeness (QED) is 0.372. The lowest BCUT2D eigenvalue weighted by molar-refractivity contribution is -0.152. The van der Waals surface area contributed by atoms with Gasteiger partial charge in [-0.15, -0.1) is 6.58 Å². The van der Waals surface area contributed by atoms with Crippen LogP contribution in [0.3, 0.4) is 0 Å². The minimum atomic E-state index is -0.674. The third-order valence-corrected chi connectivity index (χ3v) is 1.89. The van der Waals surface area contributed by atoms with E-state index in [2.05, 4.69) is 6.58 Å². The maximum Gasteiger partial charge on any atom is 0.316 e. The first-order chi connectivity index (χ1) is 6.54. The molecule has 0 fully saturated rings. The van der Waals surface area contributed by atoms with Crippen molar-refractivity contribution in [3.63, 3.8) is 0 Å². The first-order valence-electron chi connectivity index (χ1n) is 4.85. The number of carbonyl (C=O) groups is 2. The lowest BCUT2D eigenvalue weighted by atomic mass is 9.92. The van der Waals surface area contributed by atoms with Crippen LogP contribution in [0.15, 0.2) is 12.7 Å². The van der Waals surface area contributed by atoms with Crippen LogP contribution in [-0.4, -0.2) is 18.4 Å². The Bertz CT molecular complexity index is 219. The van der Waals surface area contributed by atoms with Crippen LogP contribution in [0, 0.1) is 11.8 Å². The molecule has 0 spiro atoms. The summed E-state index contributed by atoms with van der Waals surface area (Å²) >= 11 is 0. The highest BCUT2D eigenvalue weighted by molar-refractivity contribution is 6.00. The van der Waals surface area contributed by atoms with Crippen LogP contribution in [0.4, 0.5) is 0 Å². The molecule has 0 aliphatic heterocycles. The topological polar surface area (TPSA) is 43.4 Å². The van der Waals surface area contributed by atoms with Crippen molar-refractivity contribution in [1.82, 2.24) is 0 Å². The Kier molecular flexibility index (Phi) is 5.84. The van der Waals surface area contributed by atoms with Crippen molar-refractivity contribution < 1.29 is 14.3 Å². The second-order valence-corrected chi connectivity index (χ2v) is 3.39. The molecule has 0 aromatic rings. The molecule has 0 aromatic carbocycles. The lowest BCUT2D eigenvalue weighted by Crippen LogP contribution is -2.29. The lowest BCUT2D eigenvalue weighted by Gasteiger charge is -2.14.